The van der Waals surface area contributed by atoms with Crippen molar-refractivity contribution in [3.8, 4) is 0 Å². The van der Waals surface area contributed by atoms with Gasteiger partial charge in [-0.05, 0) is 42.0 Å². The van der Waals surface area contributed by atoms with Crippen molar-refractivity contribution in [1.29, 1.82) is 0 Å². The zero-order chi connectivity index (χ0) is 9.59. The van der Waals surface area contributed by atoms with E-state index in [0.717, 1.165) is 0 Å². The first kappa shape index (κ1) is 9.72. The van der Waals surface area contributed by atoms with E-state index >= 15 is 0 Å². The first-order chi connectivity index (χ1) is 6.09. The molecule has 13 heavy (non-hydrogen) atoms. The van der Waals surface area contributed by atoms with Crippen LogP contribution < -0.4 is 0 Å². The third-order valence-electron chi connectivity index (χ3n) is 2.70. The van der Waals surface area contributed by atoms with Gasteiger partial charge in [0.15, 0.2) is 0 Å². The molecular formula is C11H12Br2. The predicted molar refractivity (Wildman–Crippen MR) is 63.4 cm³/mol. The largest absolute Gasteiger partial charge is 0.0836 e. The minimum Gasteiger partial charge on any atom is -0.0836 e. The number of halogens is 2. The SMILES string of the molecule is Cc1cc(Br)c2c(c1)C(Br)C(C)C2. The molecule has 0 fully saturated rings. The van der Waals surface area contributed by atoms with Crippen LogP contribution >= 0.6 is 31.9 Å². The summed E-state index contributed by atoms with van der Waals surface area (Å²) < 4.78 is 1.27. The molecule has 2 heteroatoms. The second kappa shape index (κ2) is 3.39. The van der Waals surface area contributed by atoms with Crippen molar-refractivity contribution in [2.75, 3.05) is 0 Å². The Bertz CT molecular complexity index is 344. The van der Waals surface area contributed by atoms with Crippen LogP contribution in [0.4, 0.5) is 0 Å². The second-order valence-corrected chi connectivity index (χ2v) is 5.74. The number of hydrogen-bond donors (Lipinski definition) is 0. The summed E-state index contributed by atoms with van der Waals surface area (Å²) in [5.41, 5.74) is 4.29. The normalized spacial score (nSPS) is 26.2. The molecule has 70 valence electrons. The van der Waals surface area contributed by atoms with Gasteiger partial charge in [-0.3, -0.25) is 0 Å². The van der Waals surface area contributed by atoms with Gasteiger partial charge in [0.2, 0.25) is 0 Å². The lowest BCUT2D eigenvalue weighted by molar-refractivity contribution is 0.622. The molecule has 1 aliphatic carbocycles. The molecule has 1 aliphatic rings. The van der Waals surface area contributed by atoms with Gasteiger partial charge in [0.1, 0.15) is 0 Å². The molecule has 2 rings (SSSR count). The molecule has 0 amide bonds. The maximum atomic E-state index is 3.75. The van der Waals surface area contributed by atoms with Crippen LogP contribution in [-0.2, 0) is 6.42 Å². The van der Waals surface area contributed by atoms with Gasteiger partial charge in [0.05, 0.1) is 0 Å². The smallest absolute Gasteiger partial charge is 0.0427 e. The molecule has 0 saturated carbocycles. The lowest BCUT2D eigenvalue weighted by atomic mass is 10.1. The van der Waals surface area contributed by atoms with E-state index < -0.39 is 0 Å². The lowest BCUT2D eigenvalue weighted by Gasteiger charge is -2.08. The van der Waals surface area contributed by atoms with E-state index in [-0.39, 0.29) is 0 Å². The molecule has 0 aliphatic heterocycles. The van der Waals surface area contributed by atoms with Crippen LogP contribution in [-0.4, -0.2) is 0 Å². The highest BCUT2D eigenvalue weighted by molar-refractivity contribution is 9.10. The third-order valence-corrected chi connectivity index (χ3v) is 4.80. The molecule has 2 atom stereocenters. The number of benzene rings is 1. The van der Waals surface area contributed by atoms with Gasteiger partial charge in [-0.2, -0.15) is 0 Å². The van der Waals surface area contributed by atoms with E-state index in [1.807, 2.05) is 0 Å². The highest BCUT2D eigenvalue weighted by Crippen LogP contribution is 2.44. The number of rotatable bonds is 0. The van der Waals surface area contributed by atoms with Crippen molar-refractivity contribution < 1.29 is 0 Å². The van der Waals surface area contributed by atoms with Gasteiger partial charge in [0.25, 0.3) is 0 Å². The van der Waals surface area contributed by atoms with Crippen molar-refractivity contribution in [2.24, 2.45) is 5.92 Å². The molecule has 0 heterocycles. The van der Waals surface area contributed by atoms with Crippen molar-refractivity contribution >= 4 is 31.9 Å². The summed E-state index contributed by atoms with van der Waals surface area (Å²) in [6.07, 6.45) is 1.19. The Kier molecular flexibility index (Phi) is 2.54. The molecule has 0 nitrogen and oxygen atoms in total. The highest BCUT2D eigenvalue weighted by Gasteiger charge is 2.28. The minimum atomic E-state index is 0.540. The van der Waals surface area contributed by atoms with Crippen molar-refractivity contribution in [3.63, 3.8) is 0 Å². The molecule has 0 spiro atoms. The van der Waals surface area contributed by atoms with Crippen molar-refractivity contribution in [2.45, 2.75) is 25.1 Å². The highest BCUT2D eigenvalue weighted by atomic mass is 79.9. The quantitative estimate of drug-likeness (QED) is 0.624. The van der Waals surface area contributed by atoms with E-state index in [9.17, 15) is 0 Å². The molecule has 0 radical (unpaired) electrons. The van der Waals surface area contributed by atoms with E-state index in [4.69, 9.17) is 0 Å². The van der Waals surface area contributed by atoms with Crippen LogP contribution in [0.2, 0.25) is 0 Å². The average molecular weight is 304 g/mol. The Morgan fingerprint density at radius 2 is 2.08 bits per heavy atom. The molecule has 1 aromatic rings. The zero-order valence-corrected chi connectivity index (χ0v) is 10.9. The maximum absolute atomic E-state index is 3.75. The number of fused-ring (bicyclic) bond motifs is 1. The van der Waals surface area contributed by atoms with Crippen LogP contribution in [0.1, 0.15) is 28.4 Å². The monoisotopic (exact) mass is 302 g/mol. The van der Waals surface area contributed by atoms with Gasteiger partial charge in [0, 0.05) is 9.30 Å². The van der Waals surface area contributed by atoms with Gasteiger partial charge in [-0.25, -0.2) is 0 Å². The Balaban J connectivity index is 2.57. The fraction of sp³-hybridized carbons (Fsp3) is 0.455. The number of alkyl halides is 1. The fourth-order valence-corrected chi connectivity index (χ4v) is 3.34. The number of hydrogen-bond acceptors (Lipinski definition) is 0. The summed E-state index contributed by atoms with van der Waals surface area (Å²) in [5.74, 6) is 0.716. The fourth-order valence-electron chi connectivity index (χ4n) is 1.99. The molecule has 0 aromatic heterocycles. The minimum absolute atomic E-state index is 0.540. The maximum Gasteiger partial charge on any atom is 0.0427 e. The summed E-state index contributed by atoms with van der Waals surface area (Å²) in [4.78, 5) is 0.540. The van der Waals surface area contributed by atoms with Crippen LogP contribution in [0.5, 0.6) is 0 Å². The molecule has 0 saturated heterocycles. The number of aryl methyl sites for hydroxylation is 1. The van der Waals surface area contributed by atoms with Crippen LogP contribution in [0, 0.1) is 12.8 Å². The van der Waals surface area contributed by atoms with Crippen LogP contribution in [0.3, 0.4) is 0 Å². The zero-order valence-electron chi connectivity index (χ0n) is 7.77. The topological polar surface area (TPSA) is 0 Å². The molecular weight excluding hydrogens is 292 g/mol. The van der Waals surface area contributed by atoms with Gasteiger partial charge in [-0.1, -0.05) is 44.8 Å². The first-order valence-electron chi connectivity index (χ1n) is 4.52. The first-order valence-corrected chi connectivity index (χ1v) is 6.23. The molecule has 0 bridgehead atoms. The van der Waals surface area contributed by atoms with E-state index in [1.165, 1.54) is 27.6 Å². The molecule has 0 N–H and O–H groups in total. The van der Waals surface area contributed by atoms with E-state index in [1.54, 1.807) is 0 Å². The average Bonchev–Trinajstić information content (AvgIpc) is 2.32. The van der Waals surface area contributed by atoms with Crippen LogP contribution in [0.25, 0.3) is 0 Å². The van der Waals surface area contributed by atoms with Gasteiger partial charge in [-0.15, -0.1) is 0 Å². The third kappa shape index (κ3) is 1.59. The lowest BCUT2D eigenvalue weighted by Crippen LogP contribution is -1.94. The second-order valence-electron chi connectivity index (χ2n) is 3.90. The predicted octanol–water partition coefficient (Wildman–Crippen LogP) is 4.39. The van der Waals surface area contributed by atoms with E-state index in [2.05, 4.69) is 57.8 Å². The molecule has 1 aromatic carbocycles. The summed E-state index contributed by atoms with van der Waals surface area (Å²) in [7, 11) is 0. The van der Waals surface area contributed by atoms with Gasteiger partial charge >= 0.3 is 0 Å². The van der Waals surface area contributed by atoms with E-state index in [0.29, 0.717) is 10.7 Å². The Morgan fingerprint density at radius 3 is 2.77 bits per heavy atom. The molecule has 2 unspecified atom stereocenters. The van der Waals surface area contributed by atoms with Crippen LogP contribution in [0.15, 0.2) is 16.6 Å². The Labute approximate surface area is 96.0 Å². The van der Waals surface area contributed by atoms with Gasteiger partial charge < -0.3 is 0 Å². The summed E-state index contributed by atoms with van der Waals surface area (Å²) >= 11 is 7.38. The van der Waals surface area contributed by atoms with Crippen molar-refractivity contribution in [1.82, 2.24) is 0 Å². The van der Waals surface area contributed by atoms with Crippen molar-refractivity contribution in [3.05, 3.63) is 33.3 Å². The summed E-state index contributed by atoms with van der Waals surface area (Å²) in [5, 5.41) is 0. The summed E-state index contributed by atoms with van der Waals surface area (Å²) in [6, 6.07) is 4.50. The Hall–Kier alpha value is 0.180. The Morgan fingerprint density at radius 1 is 1.38 bits per heavy atom. The standard InChI is InChI=1S/C11H12Br2/c1-6-3-9-8(10(12)4-6)5-7(2)11(9)13/h3-4,7,11H,5H2,1-2H3. The summed E-state index contributed by atoms with van der Waals surface area (Å²) in [6.45, 7) is 4.44.